The molecule has 3 atom stereocenters. The third-order valence-corrected chi connectivity index (χ3v) is 3.96. The minimum atomic E-state index is -0.686. The molecule has 1 aliphatic rings. The van der Waals surface area contributed by atoms with Gasteiger partial charge in [0.2, 0.25) is 5.91 Å². The second-order valence-electron chi connectivity index (χ2n) is 5.77. The number of amides is 1. The first-order valence-corrected chi connectivity index (χ1v) is 7.94. The average Bonchev–Trinajstić information content (AvgIpc) is 2.59. The lowest BCUT2D eigenvalue weighted by atomic mass is 9.94. The van der Waals surface area contributed by atoms with Crippen molar-refractivity contribution in [1.29, 1.82) is 0 Å². The van der Waals surface area contributed by atoms with Crippen LogP contribution in [0, 0.1) is 5.92 Å². The highest BCUT2D eigenvalue weighted by atomic mass is 16.5. The molecule has 4 heteroatoms. The molecule has 2 rings (SSSR count). The van der Waals surface area contributed by atoms with Crippen LogP contribution in [-0.4, -0.2) is 30.3 Å². The lowest BCUT2D eigenvalue weighted by Crippen LogP contribution is -2.38. The summed E-state index contributed by atoms with van der Waals surface area (Å²) in [5.41, 5.74) is 1.08. The van der Waals surface area contributed by atoms with Crippen LogP contribution >= 0.6 is 0 Å². The quantitative estimate of drug-likeness (QED) is 0.761. The van der Waals surface area contributed by atoms with Crippen molar-refractivity contribution < 1.29 is 14.6 Å². The molecule has 0 unspecified atom stereocenters. The maximum absolute atomic E-state index is 12.0. The molecule has 0 saturated carbocycles. The van der Waals surface area contributed by atoms with Gasteiger partial charge in [-0.15, -0.1) is 0 Å². The van der Waals surface area contributed by atoms with Gasteiger partial charge in [0, 0.05) is 12.5 Å². The van der Waals surface area contributed by atoms with Crippen molar-refractivity contribution in [1.82, 2.24) is 5.32 Å². The van der Waals surface area contributed by atoms with E-state index >= 15 is 0 Å². The predicted octanol–water partition coefficient (Wildman–Crippen LogP) is 2.60. The molecule has 0 aromatic heterocycles. The van der Waals surface area contributed by atoms with E-state index in [2.05, 4.69) is 17.5 Å². The van der Waals surface area contributed by atoms with Crippen LogP contribution in [0.15, 0.2) is 42.5 Å². The molecule has 0 saturated heterocycles. The van der Waals surface area contributed by atoms with E-state index < -0.39 is 6.10 Å². The first-order valence-electron chi connectivity index (χ1n) is 7.94. The summed E-state index contributed by atoms with van der Waals surface area (Å²) in [6, 6.07) is 9.88. The van der Waals surface area contributed by atoms with Gasteiger partial charge in [0.1, 0.15) is 0 Å². The van der Waals surface area contributed by atoms with Crippen LogP contribution in [0.2, 0.25) is 0 Å². The van der Waals surface area contributed by atoms with Crippen LogP contribution in [0.25, 0.3) is 0 Å². The fourth-order valence-corrected chi connectivity index (χ4v) is 2.53. The topological polar surface area (TPSA) is 58.6 Å². The Labute approximate surface area is 132 Å². The van der Waals surface area contributed by atoms with E-state index in [1.165, 1.54) is 0 Å². The number of benzene rings is 1. The maximum Gasteiger partial charge on any atom is 0.223 e. The molecule has 1 aromatic rings. The zero-order chi connectivity index (χ0) is 15.8. The van der Waals surface area contributed by atoms with Crippen LogP contribution in [0.4, 0.5) is 0 Å². The Kier molecular flexibility index (Phi) is 6.62. The van der Waals surface area contributed by atoms with E-state index in [0.29, 0.717) is 0 Å². The number of carbonyl (C=O) groups is 1. The highest BCUT2D eigenvalue weighted by molar-refractivity contribution is 5.78. The molecule has 1 amide bonds. The van der Waals surface area contributed by atoms with Crippen molar-refractivity contribution in [3.8, 4) is 0 Å². The first kappa shape index (κ1) is 16.7. The van der Waals surface area contributed by atoms with E-state index in [1.807, 2.05) is 37.3 Å². The third-order valence-electron chi connectivity index (χ3n) is 3.96. The van der Waals surface area contributed by atoms with Gasteiger partial charge in [-0.2, -0.15) is 0 Å². The van der Waals surface area contributed by atoms with Gasteiger partial charge in [-0.1, -0.05) is 42.5 Å². The molecule has 4 nitrogen and oxygen atoms in total. The normalized spacial score (nSPS) is 20.4. The number of hydrogen-bond acceptors (Lipinski definition) is 3. The molecule has 0 heterocycles. The Bertz CT molecular complexity index is 486. The number of allylic oxidation sites excluding steroid dienone is 2. The second-order valence-corrected chi connectivity index (χ2v) is 5.77. The predicted molar refractivity (Wildman–Crippen MR) is 86.3 cm³/mol. The van der Waals surface area contributed by atoms with Gasteiger partial charge in [-0.05, 0) is 31.7 Å². The molecule has 0 fully saturated rings. The molecule has 0 spiro atoms. The standard InChI is InChI=1S/C18H25NO3/c1-14(15-8-4-2-5-9-15)22-13-17(20)12-19-18(21)16-10-6-3-7-11-16/h2-6,8-9,14,16-17,20H,7,10-13H2,1H3,(H,19,21)/t14-,16+,17-/m0/s1. The summed E-state index contributed by atoms with van der Waals surface area (Å²) in [4.78, 5) is 12.0. The van der Waals surface area contributed by atoms with Crippen LogP contribution in [-0.2, 0) is 9.53 Å². The van der Waals surface area contributed by atoms with Gasteiger partial charge in [-0.3, -0.25) is 4.79 Å². The minimum Gasteiger partial charge on any atom is -0.389 e. The zero-order valence-corrected chi connectivity index (χ0v) is 13.1. The third kappa shape index (κ3) is 5.28. The van der Waals surface area contributed by atoms with Crippen molar-refractivity contribution in [2.75, 3.05) is 13.2 Å². The average molecular weight is 303 g/mol. The molecule has 22 heavy (non-hydrogen) atoms. The lowest BCUT2D eigenvalue weighted by molar-refractivity contribution is -0.126. The second kappa shape index (κ2) is 8.71. The number of carbonyl (C=O) groups excluding carboxylic acids is 1. The summed E-state index contributed by atoms with van der Waals surface area (Å²) in [6.07, 6.45) is 6.04. The summed E-state index contributed by atoms with van der Waals surface area (Å²) in [5, 5.41) is 12.8. The van der Waals surface area contributed by atoms with E-state index in [4.69, 9.17) is 4.74 Å². The summed E-state index contributed by atoms with van der Waals surface area (Å²) in [6.45, 7) is 2.40. The number of aliphatic hydroxyl groups is 1. The summed E-state index contributed by atoms with van der Waals surface area (Å²) in [7, 11) is 0. The fourth-order valence-electron chi connectivity index (χ4n) is 2.53. The van der Waals surface area contributed by atoms with E-state index in [9.17, 15) is 9.90 Å². The summed E-state index contributed by atoms with van der Waals surface area (Å²) in [5.74, 6) is 0.0702. The summed E-state index contributed by atoms with van der Waals surface area (Å²) >= 11 is 0. The number of hydrogen-bond donors (Lipinski definition) is 2. The van der Waals surface area contributed by atoms with Crippen LogP contribution in [0.3, 0.4) is 0 Å². The van der Waals surface area contributed by atoms with Gasteiger partial charge in [0.15, 0.2) is 0 Å². The first-order chi connectivity index (χ1) is 10.7. The van der Waals surface area contributed by atoms with Gasteiger partial charge in [-0.25, -0.2) is 0 Å². The fraction of sp³-hybridized carbons (Fsp3) is 0.500. The van der Waals surface area contributed by atoms with Crippen LogP contribution in [0.5, 0.6) is 0 Å². The van der Waals surface area contributed by atoms with Crippen molar-refractivity contribution >= 4 is 5.91 Å². The van der Waals surface area contributed by atoms with Gasteiger partial charge in [0.05, 0.1) is 18.8 Å². The van der Waals surface area contributed by atoms with Gasteiger partial charge in [0.25, 0.3) is 0 Å². The molecular formula is C18H25NO3. The smallest absolute Gasteiger partial charge is 0.223 e. The SMILES string of the molecule is C[C@H](OC[C@@H](O)CNC(=O)[C@@H]1CC=CCC1)c1ccccc1. The minimum absolute atomic E-state index is 0.0273. The van der Waals surface area contributed by atoms with Crippen molar-refractivity contribution in [2.45, 2.75) is 38.4 Å². The molecular weight excluding hydrogens is 278 g/mol. The maximum atomic E-state index is 12.0. The Hall–Kier alpha value is -1.65. The van der Waals surface area contributed by atoms with Crippen molar-refractivity contribution in [3.05, 3.63) is 48.0 Å². The lowest BCUT2D eigenvalue weighted by Gasteiger charge is -2.20. The molecule has 0 bridgehead atoms. The van der Waals surface area contributed by atoms with Gasteiger partial charge < -0.3 is 15.2 Å². The highest BCUT2D eigenvalue weighted by Crippen LogP contribution is 2.18. The Balaban J connectivity index is 1.66. The highest BCUT2D eigenvalue weighted by Gasteiger charge is 2.19. The van der Waals surface area contributed by atoms with Crippen LogP contribution in [0.1, 0.15) is 37.9 Å². The monoisotopic (exact) mass is 303 g/mol. The Morgan fingerprint density at radius 2 is 2.14 bits per heavy atom. The van der Waals surface area contributed by atoms with E-state index in [-0.39, 0.29) is 31.1 Å². The van der Waals surface area contributed by atoms with Crippen molar-refractivity contribution in [3.63, 3.8) is 0 Å². The number of nitrogens with one attached hydrogen (secondary N) is 1. The molecule has 0 radical (unpaired) electrons. The number of rotatable bonds is 7. The number of ether oxygens (including phenoxy) is 1. The Morgan fingerprint density at radius 1 is 1.36 bits per heavy atom. The Morgan fingerprint density at radius 3 is 2.82 bits per heavy atom. The molecule has 120 valence electrons. The summed E-state index contributed by atoms with van der Waals surface area (Å²) < 4.78 is 5.66. The van der Waals surface area contributed by atoms with E-state index in [1.54, 1.807) is 0 Å². The largest absolute Gasteiger partial charge is 0.389 e. The molecule has 1 aliphatic carbocycles. The number of aliphatic hydroxyl groups excluding tert-OH is 1. The van der Waals surface area contributed by atoms with Gasteiger partial charge >= 0.3 is 0 Å². The molecule has 1 aromatic carbocycles. The van der Waals surface area contributed by atoms with Crippen molar-refractivity contribution in [2.24, 2.45) is 5.92 Å². The molecule has 2 N–H and O–H groups in total. The zero-order valence-electron chi connectivity index (χ0n) is 13.1. The van der Waals surface area contributed by atoms with Crippen LogP contribution < -0.4 is 5.32 Å². The molecule has 0 aliphatic heterocycles. The van der Waals surface area contributed by atoms with E-state index in [0.717, 1.165) is 24.8 Å².